The Balaban J connectivity index is 1.60. The molecule has 3 aromatic heterocycles. The minimum absolute atomic E-state index is 0.0123. The van der Waals surface area contributed by atoms with Gasteiger partial charge in [-0.15, -0.1) is 0 Å². The van der Waals surface area contributed by atoms with Crippen LogP contribution in [0.1, 0.15) is 22.8 Å². The Morgan fingerprint density at radius 2 is 2.11 bits per heavy atom. The summed E-state index contributed by atoms with van der Waals surface area (Å²) in [6, 6.07) is 4.29. The van der Waals surface area contributed by atoms with E-state index in [1.165, 1.54) is 39.9 Å². The summed E-state index contributed by atoms with van der Waals surface area (Å²) < 4.78 is 64.5. The van der Waals surface area contributed by atoms with E-state index in [0.29, 0.717) is 0 Å². The number of thioether (sulfide) groups is 1. The number of anilines is 1. The number of alkyl halides is 4. The van der Waals surface area contributed by atoms with Gasteiger partial charge in [-0.05, 0) is 24.3 Å². The van der Waals surface area contributed by atoms with Crippen molar-refractivity contribution in [3.63, 3.8) is 0 Å². The molecule has 1 aliphatic heterocycles. The van der Waals surface area contributed by atoms with Crippen LogP contribution in [0.2, 0.25) is 0 Å². The van der Waals surface area contributed by atoms with Gasteiger partial charge in [-0.2, -0.15) is 27.8 Å². The number of fused-ring (bicyclic) bond motifs is 1. The first kappa shape index (κ1) is 24.5. The Labute approximate surface area is 209 Å². The predicted octanol–water partition coefficient (Wildman–Crippen LogP) is 4.25. The van der Waals surface area contributed by atoms with E-state index in [9.17, 15) is 27.2 Å². The first-order valence-electron chi connectivity index (χ1n) is 10.7. The maximum atomic E-state index is 13.2. The summed E-state index contributed by atoms with van der Waals surface area (Å²) in [6.45, 7) is -3.07. The van der Waals surface area contributed by atoms with Gasteiger partial charge in [-0.1, -0.05) is 11.8 Å². The fraction of sp³-hybridized carbons (Fsp3) is 0.227. The highest BCUT2D eigenvalue weighted by Crippen LogP contribution is 2.40. The molecule has 1 N–H and O–H groups in total. The fourth-order valence-corrected chi connectivity index (χ4v) is 4.35. The SMILES string of the molecule is O=C(Nc1cn(C2CCOC2=O)nc1-c1cc(SC(F)F)ccc1OC(F)F)c1cnn2cccnc12. The Bertz CT molecular complexity index is 1480. The molecule has 15 heteroatoms. The molecule has 0 aliphatic carbocycles. The number of ether oxygens (including phenoxy) is 2. The van der Waals surface area contributed by atoms with Crippen LogP contribution < -0.4 is 10.1 Å². The number of hydrogen-bond acceptors (Lipinski definition) is 8. The Morgan fingerprint density at radius 3 is 2.84 bits per heavy atom. The number of aromatic nitrogens is 5. The highest BCUT2D eigenvalue weighted by atomic mass is 32.2. The number of nitrogens with zero attached hydrogens (tertiary/aromatic N) is 5. The second-order valence-electron chi connectivity index (χ2n) is 7.66. The Hall–Kier alpha value is -4.14. The zero-order valence-corrected chi connectivity index (χ0v) is 19.4. The second-order valence-corrected chi connectivity index (χ2v) is 8.72. The molecule has 1 amide bonds. The van der Waals surface area contributed by atoms with Gasteiger partial charge in [0, 0.05) is 29.3 Å². The monoisotopic (exact) mass is 536 g/mol. The van der Waals surface area contributed by atoms with Crippen LogP contribution in [-0.4, -0.2) is 55.2 Å². The van der Waals surface area contributed by atoms with Crippen molar-refractivity contribution in [2.75, 3.05) is 11.9 Å². The molecule has 10 nitrogen and oxygen atoms in total. The van der Waals surface area contributed by atoms with Crippen LogP contribution in [0.3, 0.4) is 0 Å². The quantitative estimate of drug-likeness (QED) is 0.202. The molecular weight excluding hydrogens is 520 g/mol. The van der Waals surface area contributed by atoms with E-state index in [-0.39, 0.29) is 63.6 Å². The first-order valence-corrected chi connectivity index (χ1v) is 11.6. The minimum Gasteiger partial charge on any atom is -0.464 e. The molecule has 1 aliphatic rings. The van der Waals surface area contributed by atoms with E-state index in [2.05, 4.69) is 25.2 Å². The highest BCUT2D eigenvalue weighted by molar-refractivity contribution is 7.99. The summed E-state index contributed by atoms with van der Waals surface area (Å²) in [5.41, 5.74) is 0.198. The average Bonchev–Trinajstić information content (AvgIpc) is 3.57. The summed E-state index contributed by atoms with van der Waals surface area (Å²) in [7, 11) is 0. The van der Waals surface area contributed by atoms with Crippen LogP contribution in [0.15, 0.2) is 53.9 Å². The molecule has 4 heterocycles. The van der Waals surface area contributed by atoms with Crippen molar-refractivity contribution >= 4 is 35.0 Å². The molecular formula is C22H16F4N6O4S. The number of esters is 1. The lowest BCUT2D eigenvalue weighted by Crippen LogP contribution is -2.15. The van der Waals surface area contributed by atoms with Gasteiger partial charge in [0.25, 0.3) is 11.7 Å². The smallest absolute Gasteiger partial charge is 0.387 e. The van der Waals surface area contributed by atoms with Gasteiger partial charge in [-0.3, -0.25) is 9.48 Å². The largest absolute Gasteiger partial charge is 0.464 e. The van der Waals surface area contributed by atoms with E-state index in [1.807, 2.05) is 0 Å². The van der Waals surface area contributed by atoms with E-state index < -0.39 is 30.3 Å². The number of carbonyl (C=O) groups excluding carboxylic acids is 2. The number of benzene rings is 1. The van der Waals surface area contributed by atoms with Gasteiger partial charge in [-0.25, -0.2) is 14.3 Å². The summed E-state index contributed by atoms with van der Waals surface area (Å²) in [4.78, 5) is 29.5. The van der Waals surface area contributed by atoms with Gasteiger partial charge < -0.3 is 14.8 Å². The molecule has 37 heavy (non-hydrogen) atoms. The number of hydrogen-bond donors (Lipinski definition) is 1. The molecule has 5 rings (SSSR count). The van der Waals surface area contributed by atoms with E-state index in [1.54, 1.807) is 12.3 Å². The zero-order valence-electron chi connectivity index (χ0n) is 18.6. The fourth-order valence-electron chi connectivity index (χ4n) is 3.81. The molecule has 0 radical (unpaired) electrons. The van der Waals surface area contributed by atoms with Crippen molar-refractivity contribution in [3.8, 4) is 17.0 Å². The summed E-state index contributed by atoms with van der Waals surface area (Å²) >= 11 is 0.195. The molecule has 192 valence electrons. The van der Waals surface area contributed by atoms with Gasteiger partial charge in [0.15, 0.2) is 11.7 Å². The molecule has 4 aromatic rings. The van der Waals surface area contributed by atoms with Crippen LogP contribution in [0.4, 0.5) is 23.2 Å². The molecule has 0 bridgehead atoms. The van der Waals surface area contributed by atoms with E-state index in [0.717, 1.165) is 6.07 Å². The van der Waals surface area contributed by atoms with Crippen molar-refractivity contribution < 1.29 is 36.6 Å². The second kappa shape index (κ2) is 10.1. The molecule has 1 saturated heterocycles. The minimum atomic E-state index is -3.22. The first-order chi connectivity index (χ1) is 17.8. The lowest BCUT2D eigenvalue weighted by molar-refractivity contribution is -0.140. The zero-order chi connectivity index (χ0) is 26.1. The molecule has 1 aromatic carbocycles. The van der Waals surface area contributed by atoms with Crippen LogP contribution in [0, 0.1) is 0 Å². The normalized spacial score (nSPS) is 15.5. The number of nitrogens with one attached hydrogen (secondary N) is 1. The summed E-state index contributed by atoms with van der Waals surface area (Å²) in [5.74, 6) is -4.36. The van der Waals surface area contributed by atoms with Crippen molar-refractivity contribution in [3.05, 3.63) is 54.6 Å². The maximum absolute atomic E-state index is 13.2. The Kier molecular flexibility index (Phi) is 6.69. The summed E-state index contributed by atoms with van der Waals surface area (Å²) in [6.07, 6.45) is 5.98. The maximum Gasteiger partial charge on any atom is 0.387 e. The van der Waals surface area contributed by atoms with Crippen molar-refractivity contribution in [2.24, 2.45) is 0 Å². The Morgan fingerprint density at radius 1 is 1.27 bits per heavy atom. The third-order valence-corrected chi connectivity index (χ3v) is 6.08. The number of amides is 1. The molecule has 0 spiro atoms. The topological polar surface area (TPSA) is 113 Å². The number of rotatable bonds is 8. The number of carbonyl (C=O) groups is 2. The van der Waals surface area contributed by atoms with Crippen LogP contribution in [-0.2, 0) is 9.53 Å². The van der Waals surface area contributed by atoms with Crippen LogP contribution >= 0.6 is 11.8 Å². The third kappa shape index (κ3) is 5.07. The number of cyclic esters (lactones) is 1. The average molecular weight is 536 g/mol. The van der Waals surface area contributed by atoms with Gasteiger partial charge >= 0.3 is 12.6 Å². The molecule has 1 atom stereocenters. The molecule has 0 saturated carbocycles. The molecule has 1 unspecified atom stereocenters. The van der Waals surface area contributed by atoms with Crippen molar-refractivity contribution in [1.82, 2.24) is 24.4 Å². The summed E-state index contributed by atoms with van der Waals surface area (Å²) in [5, 5.41) is 11.0. The van der Waals surface area contributed by atoms with Gasteiger partial charge in [0.1, 0.15) is 17.0 Å². The number of halogens is 4. The van der Waals surface area contributed by atoms with Crippen molar-refractivity contribution in [2.45, 2.75) is 29.7 Å². The van der Waals surface area contributed by atoms with Gasteiger partial charge in [0.2, 0.25) is 0 Å². The standard InChI is InChI=1S/C22H16F4N6O4S/c23-21(24)36-16-3-2-11(37-22(25)26)8-12(16)17-14(10-32(30-17)15-4-7-35-20(15)34)29-19(33)13-9-28-31-6-1-5-27-18(13)31/h1-3,5-6,8-10,15,21-22H,4,7H2,(H,29,33). The van der Waals surface area contributed by atoms with Gasteiger partial charge in [0.05, 0.1) is 24.7 Å². The highest BCUT2D eigenvalue weighted by Gasteiger charge is 2.31. The molecule has 1 fully saturated rings. The van der Waals surface area contributed by atoms with E-state index >= 15 is 0 Å². The van der Waals surface area contributed by atoms with Crippen LogP contribution in [0.5, 0.6) is 5.75 Å². The van der Waals surface area contributed by atoms with E-state index in [4.69, 9.17) is 4.74 Å². The third-order valence-electron chi connectivity index (χ3n) is 5.38. The lowest BCUT2D eigenvalue weighted by Gasteiger charge is -2.13. The van der Waals surface area contributed by atoms with Crippen molar-refractivity contribution in [1.29, 1.82) is 0 Å². The lowest BCUT2D eigenvalue weighted by atomic mass is 10.1. The van der Waals surface area contributed by atoms with Crippen LogP contribution in [0.25, 0.3) is 16.9 Å². The predicted molar refractivity (Wildman–Crippen MR) is 122 cm³/mol.